The van der Waals surface area contributed by atoms with Gasteiger partial charge in [0, 0.05) is 10.5 Å². The molecule has 1 N–H and O–H groups in total. The summed E-state index contributed by atoms with van der Waals surface area (Å²) in [6.07, 6.45) is 0. The molecule has 0 spiro atoms. The van der Waals surface area contributed by atoms with E-state index in [0.29, 0.717) is 10.8 Å². The average Bonchev–Trinajstić information content (AvgIpc) is 2.66. The lowest BCUT2D eigenvalue weighted by molar-refractivity contribution is -0.125. The maximum absolute atomic E-state index is 11.7. The number of hydrogen-bond donors (Lipinski definition) is 1. The third-order valence-corrected chi connectivity index (χ3v) is 5.81. The molecule has 0 aromatic carbocycles. The molecule has 19 heavy (non-hydrogen) atoms. The summed E-state index contributed by atoms with van der Waals surface area (Å²) >= 11 is 7.84. The van der Waals surface area contributed by atoms with Crippen molar-refractivity contribution in [1.29, 1.82) is 0 Å². The van der Waals surface area contributed by atoms with Crippen molar-refractivity contribution in [2.24, 2.45) is 5.92 Å². The highest BCUT2D eigenvalue weighted by Gasteiger charge is 2.16. The molecule has 0 saturated heterocycles. The van der Waals surface area contributed by atoms with E-state index in [1.54, 1.807) is 6.07 Å². The van der Waals surface area contributed by atoms with Gasteiger partial charge in [0.15, 0.2) is 6.61 Å². The van der Waals surface area contributed by atoms with Gasteiger partial charge in [-0.05, 0) is 50.8 Å². The highest BCUT2D eigenvalue weighted by molar-refractivity contribution is 9.13. The van der Waals surface area contributed by atoms with Gasteiger partial charge < -0.3 is 10.1 Å². The first kappa shape index (κ1) is 16.7. The fraction of sp³-hybridized carbons (Fsp3) is 0.500. The molecule has 1 heterocycles. The van der Waals surface area contributed by atoms with Crippen molar-refractivity contribution in [1.82, 2.24) is 5.32 Å². The number of hydrogen-bond acceptors (Lipinski definition) is 4. The first-order chi connectivity index (χ1) is 8.81. The zero-order valence-corrected chi connectivity index (χ0v) is 14.8. The molecule has 7 heteroatoms. The molecule has 106 valence electrons. The fourth-order valence-electron chi connectivity index (χ4n) is 1.11. The fourth-order valence-corrected chi connectivity index (χ4v) is 3.04. The minimum absolute atomic E-state index is 0.0521. The molecule has 1 atom stereocenters. The van der Waals surface area contributed by atoms with Crippen LogP contribution in [0.4, 0.5) is 0 Å². The quantitative estimate of drug-likeness (QED) is 0.751. The van der Waals surface area contributed by atoms with Crippen LogP contribution in [0.5, 0.6) is 0 Å². The van der Waals surface area contributed by atoms with Crippen LogP contribution >= 0.6 is 43.2 Å². The predicted octanol–water partition coefficient (Wildman–Crippen LogP) is 3.59. The Bertz CT molecular complexity index is 454. The summed E-state index contributed by atoms with van der Waals surface area (Å²) in [5.41, 5.74) is 0. The van der Waals surface area contributed by atoms with E-state index in [1.807, 2.05) is 20.8 Å². The van der Waals surface area contributed by atoms with E-state index in [1.165, 1.54) is 11.3 Å². The molecule has 1 aromatic heterocycles. The van der Waals surface area contributed by atoms with E-state index in [2.05, 4.69) is 37.2 Å². The molecular formula is C12H15Br2NO3S. The zero-order valence-electron chi connectivity index (χ0n) is 10.8. The van der Waals surface area contributed by atoms with Gasteiger partial charge in [-0.25, -0.2) is 4.79 Å². The Hall–Kier alpha value is -0.400. The van der Waals surface area contributed by atoms with Crippen LogP contribution in [-0.4, -0.2) is 24.5 Å². The highest BCUT2D eigenvalue weighted by atomic mass is 79.9. The van der Waals surface area contributed by atoms with E-state index in [4.69, 9.17) is 4.74 Å². The summed E-state index contributed by atoms with van der Waals surface area (Å²) in [4.78, 5) is 23.7. The Kier molecular flexibility index (Phi) is 6.49. The Morgan fingerprint density at radius 2 is 2.00 bits per heavy atom. The third kappa shape index (κ3) is 5.24. The minimum Gasteiger partial charge on any atom is -0.451 e. The van der Waals surface area contributed by atoms with Gasteiger partial charge in [-0.3, -0.25) is 4.79 Å². The molecular weight excluding hydrogens is 398 g/mol. The van der Waals surface area contributed by atoms with Crippen molar-refractivity contribution in [2.45, 2.75) is 26.8 Å². The predicted molar refractivity (Wildman–Crippen MR) is 82.4 cm³/mol. The van der Waals surface area contributed by atoms with E-state index in [9.17, 15) is 9.59 Å². The van der Waals surface area contributed by atoms with Gasteiger partial charge in [-0.1, -0.05) is 13.8 Å². The van der Waals surface area contributed by atoms with Gasteiger partial charge in [-0.15, -0.1) is 11.3 Å². The van der Waals surface area contributed by atoms with Crippen LogP contribution in [0.3, 0.4) is 0 Å². The molecule has 0 radical (unpaired) electrons. The number of thiophene rings is 1. The number of ether oxygens (including phenoxy) is 1. The van der Waals surface area contributed by atoms with Gasteiger partial charge >= 0.3 is 5.97 Å². The van der Waals surface area contributed by atoms with Crippen LogP contribution < -0.4 is 5.32 Å². The normalized spacial score (nSPS) is 12.3. The van der Waals surface area contributed by atoms with Crippen LogP contribution in [-0.2, 0) is 9.53 Å². The second kappa shape index (κ2) is 7.40. The number of rotatable bonds is 5. The first-order valence-electron chi connectivity index (χ1n) is 5.72. The van der Waals surface area contributed by atoms with Gasteiger partial charge in [0.2, 0.25) is 0 Å². The lowest BCUT2D eigenvalue weighted by Gasteiger charge is -2.17. The van der Waals surface area contributed by atoms with Crippen molar-refractivity contribution >= 4 is 55.1 Å². The van der Waals surface area contributed by atoms with Crippen LogP contribution in [0.25, 0.3) is 0 Å². The number of amides is 1. The zero-order chi connectivity index (χ0) is 14.6. The second-order valence-electron chi connectivity index (χ2n) is 4.41. The lowest BCUT2D eigenvalue weighted by Crippen LogP contribution is -2.38. The van der Waals surface area contributed by atoms with E-state index >= 15 is 0 Å². The standard InChI is InChI=1S/C12H15Br2NO3S/c1-6(2)7(3)15-10(16)5-18-12(17)9-4-8(13)11(14)19-9/h4,6-7H,5H2,1-3H3,(H,15,16)/t7-/m0/s1. The number of halogens is 2. The molecule has 1 amide bonds. The Morgan fingerprint density at radius 1 is 1.37 bits per heavy atom. The summed E-state index contributed by atoms with van der Waals surface area (Å²) in [6.45, 7) is 5.68. The molecule has 0 bridgehead atoms. The van der Waals surface area contributed by atoms with E-state index in [0.717, 1.165) is 8.26 Å². The number of esters is 1. The maximum atomic E-state index is 11.7. The SMILES string of the molecule is CC(C)[C@H](C)NC(=O)COC(=O)c1cc(Br)c(Br)s1. The summed E-state index contributed by atoms with van der Waals surface area (Å²) in [5, 5.41) is 2.77. The van der Waals surface area contributed by atoms with Crippen molar-refractivity contribution < 1.29 is 14.3 Å². The third-order valence-electron chi connectivity index (χ3n) is 2.57. The van der Waals surface area contributed by atoms with Crippen LogP contribution in [0.1, 0.15) is 30.4 Å². The van der Waals surface area contributed by atoms with Crippen LogP contribution in [0.15, 0.2) is 14.3 Å². The van der Waals surface area contributed by atoms with Crippen molar-refractivity contribution in [3.63, 3.8) is 0 Å². The molecule has 0 unspecified atom stereocenters. The summed E-state index contributed by atoms with van der Waals surface area (Å²) in [5.74, 6) is -0.447. The summed E-state index contributed by atoms with van der Waals surface area (Å²) in [7, 11) is 0. The second-order valence-corrected chi connectivity index (χ2v) is 7.63. The Morgan fingerprint density at radius 3 is 2.47 bits per heavy atom. The number of nitrogens with one attached hydrogen (secondary N) is 1. The number of carbonyl (C=O) groups excluding carboxylic acids is 2. The molecule has 0 aliphatic rings. The van der Waals surface area contributed by atoms with Crippen molar-refractivity contribution in [2.75, 3.05) is 6.61 Å². The monoisotopic (exact) mass is 411 g/mol. The lowest BCUT2D eigenvalue weighted by atomic mass is 10.1. The smallest absolute Gasteiger partial charge is 0.348 e. The van der Waals surface area contributed by atoms with Crippen LogP contribution in [0.2, 0.25) is 0 Å². The molecule has 0 aliphatic heterocycles. The topological polar surface area (TPSA) is 55.4 Å². The van der Waals surface area contributed by atoms with Crippen molar-refractivity contribution in [3.8, 4) is 0 Å². The van der Waals surface area contributed by atoms with E-state index < -0.39 is 5.97 Å². The molecule has 0 fully saturated rings. The summed E-state index contributed by atoms with van der Waals surface area (Å²) in [6, 6.07) is 1.71. The highest BCUT2D eigenvalue weighted by Crippen LogP contribution is 2.32. The van der Waals surface area contributed by atoms with Gasteiger partial charge in [0.05, 0.1) is 3.79 Å². The summed E-state index contributed by atoms with van der Waals surface area (Å²) < 4.78 is 6.57. The minimum atomic E-state index is -0.497. The molecule has 0 aliphatic carbocycles. The van der Waals surface area contributed by atoms with Gasteiger partial charge in [0.1, 0.15) is 4.88 Å². The molecule has 0 saturated carbocycles. The Labute approximate surface area is 133 Å². The molecule has 1 rings (SSSR count). The van der Waals surface area contributed by atoms with E-state index in [-0.39, 0.29) is 18.6 Å². The van der Waals surface area contributed by atoms with Crippen molar-refractivity contribution in [3.05, 3.63) is 19.2 Å². The molecule has 1 aromatic rings. The van der Waals surface area contributed by atoms with Crippen LogP contribution in [0, 0.1) is 5.92 Å². The Balaban J connectivity index is 2.44. The van der Waals surface area contributed by atoms with Gasteiger partial charge in [-0.2, -0.15) is 0 Å². The van der Waals surface area contributed by atoms with Gasteiger partial charge in [0.25, 0.3) is 5.91 Å². The maximum Gasteiger partial charge on any atom is 0.348 e. The largest absolute Gasteiger partial charge is 0.451 e. The molecule has 4 nitrogen and oxygen atoms in total. The first-order valence-corrected chi connectivity index (χ1v) is 8.12. The average molecular weight is 413 g/mol. The number of carbonyl (C=O) groups is 2.